The Labute approximate surface area is 236 Å². The number of ether oxygens (including phenoxy) is 1. The van der Waals surface area contributed by atoms with Gasteiger partial charge in [0.25, 0.3) is 0 Å². The van der Waals surface area contributed by atoms with Crippen LogP contribution in [0.25, 0.3) is 0 Å². The molecular weight excluding hydrogens is 496 g/mol. The van der Waals surface area contributed by atoms with Crippen LogP contribution in [0.15, 0.2) is 24.3 Å². The molecule has 0 aliphatic carbocycles. The van der Waals surface area contributed by atoms with Crippen molar-refractivity contribution >= 4 is 23.8 Å². The molecule has 0 aliphatic rings. The molecule has 3 N–H and O–H groups in total. The minimum atomic E-state index is -1.08. The van der Waals surface area contributed by atoms with Gasteiger partial charge in [-0.25, -0.2) is 0 Å². The van der Waals surface area contributed by atoms with Crippen molar-refractivity contribution in [1.29, 1.82) is 0 Å². The average Bonchev–Trinajstić information content (AvgIpc) is 2.91. The van der Waals surface area contributed by atoms with Crippen LogP contribution in [0.5, 0.6) is 0 Å². The van der Waals surface area contributed by atoms with Crippen LogP contribution in [0.4, 0.5) is 0 Å². The minimum Gasteiger partial charge on any atom is -0.481 e. The van der Waals surface area contributed by atoms with Crippen LogP contribution in [0, 0.1) is 0 Å². The normalized spacial score (nSPS) is 11.4. The number of rotatable bonds is 26. The summed E-state index contributed by atoms with van der Waals surface area (Å²) in [6, 6.07) is 0. The lowest BCUT2D eigenvalue weighted by Crippen LogP contribution is -2.42. The Morgan fingerprint density at radius 2 is 1.05 bits per heavy atom. The number of carboxylic acid groups (broad SMARTS) is 1. The first kappa shape index (κ1) is 36.4. The fourth-order valence-corrected chi connectivity index (χ4v) is 3.97. The molecule has 2 amide bonds. The monoisotopic (exact) mass is 550 g/mol. The number of hydrogen-bond donors (Lipinski definition) is 3. The largest absolute Gasteiger partial charge is 0.481 e. The van der Waals surface area contributed by atoms with Crippen LogP contribution in [0.1, 0.15) is 129 Å². The molecule has 0 unspecified atom stereocenters. The van der Waals surface area contributed by atoms with E-state index in [0.29, 0.717) is 12.8 Å². The highest BCUT2D eigenvalue weighted by Crippen LogP contribution is 2.09. The van der Waals surface area contributed by atoms with Gasteiger partial charge in [-0.15, -0.1) is 0 Å². The van der Waals surface area contributed by atoms with E-state index in [-0.39, 0.29) is 37.7 Å². The number of carbonyl (C=O) groups excluding carboxylic acids is 3. The van der Waals surface area contributed by atoms with Crippen molar-refractivity contribution in [2.24, 2.45) is 0 Å². The van der Waals surface area contributed by atoms with E-state index in [1.54, 1.807) is 0 Å². The lowest BCUT2D eigenvalue weighted by atomic mass is 10.1. The summed E-state index contributed by atoms with van der Waals surface area (Å²) in [5.74, 6) is -1.98. The Hall–Kier alpha value is -2.64. The van der Waals surface area contributed by atoms with Crippen LogP contribution in [-0.2, 0) is 23.9 Å². The van der Waals surface area contributed by atoms with Crippen molar-refractivity contribution in [2.75, 3.05) is 13.1 Å². The molecule has 0 aliphatic heterocycles. The highest BCUT2D eigenvalue weighted by molar-refractivity contribution is 5.78. The molecule has 0 saturated carbocycles. The van der Waals surface area contributed by atoms with Gasteiger partial charge in [-0.1, -0.05) is 76.7 Å². The third kappa shape index (κ3) is 26.7. The first-order valence-corrected chi connectivity index (χ1v) is 15.1. The molecule has 0 aromatic rings. The number of nitrogens with one attached hydrogen (secondary N) is 2. The first-order valence-electron chi connectivity index (χ1n) is 15.1. The summed E-state index contributed by atoms with van der Waals surface area (Å²) in [6.45, 7) is 4.41. The summed E-state index contributed by atoms with van der Waals surface area (Å²) in [6.07, 6.45) is 23.0. The number of amides is 2. The van der Waals surface area contributed by atoms with Gasteiger partial charge >= 0.3 is 11.9 Å². The SMILES string of the molecule is CC/C=C/CCCCCCCC(=O)NCC(CNC(=O)CCCCCCC/C=C/CC)OC(=O)CCC(=O)O. The summed E-state index contributed by atoms with van der Waals surface area (Å²) in [7, 11) is 0. The van der Waals surface area contributed by atoms with Gasteiger partial charge in [0.05, 0.1) is 25.9 Å². The molecule has 0 aromatic carbocycles. The van der Waals surface area contributed by atoms with Crippen LogP contribution in [0.2, 0.25) is 0 Å². The van der Waals surface area contributed by atoms with E-state index in [4.69, 9.17) is 9.84 Å². The van der Waals surface area contributed by atoms with Gasteiger partial charge in [0.15, 0.2) is 0 Å². The van der Waals surface area contributed by atoms with Gasteiger partial charge in [0.1, 0.15) is 6.10 Å². The molecular formula is C31H54N2O6. The number of esters is 1. The summed E-state index contributed by atoms with van der Waals surface area (Å²) in [4.78, 5) is 47.3. The molecule has 0 fully saturated rings. The Kier molecular flexibility index (Phi) is 25.1. The van der Waals surface area contributed by atoms with Crippen LogP contribution in [-0.4, -0.2) is 48.1 Å². The quantitative estimate of drug-likeness (QED) is 0.0652. The van der Waals surface area contributed by atoms with E-state index in [9.17, 15) is 19.2 Å². The van der Waals surface area contributed by atoms with Gasteiger partial charge < -0.3 is 20.5 Å². The van der Waals surface area contributed by atoms with E-state index < -0.39 is 18.0 Å². The van der Waals surface area contributed by atoms with E-state index in [1.165, 1.54) is 12.8 Å². The maximum absolute atomic E-state index is 12.3. The highest BCUT2D eigenvalue weighted by atomic mass is 16.5. The zero-order valence-electron chi connectivity index (χ0n) is 24.5. The van der Waals surface area contributed by atoms with E-state index >= 15 is 0 Å². The molecule has 0 aromatic heterocycles. The predicted octanol–water partition coefficient (Wildman–Crippen LogP) is 6.39. The van der Waals surface area contributed by atoms with Crippen LogP contribution in [0.3, 0.4) is 0 Å². The Balaban J connectivity index is 4.27. The number of hydrogen-bond acceptors (Lipinski definition) is 5. The van der Waals surface area contributed by atoms with Crippen LogP contribution < -0.4 is 10.6 Å². The second-order valence-corrected chi connectivity index (χ2v) is 9.99. The maximum atomic E-state index is 12.3. The number of carbonyl (C=O) groups is 4. The predicted molar refractivity (Wildman–Crippen MR) is 156 cm³/mol. The summed E-state index contributed by atoms with van der Waals surface area (Å²) in [5.41, 5.74) is 0. The molecule has 39 heavy (non-hydrogen) atoms. The number of unbranched alkanes of at least 4 members (excludes halogenated alkanes) is 10. The van der Waals surface area contributed by atoms with Gasteiger partial charge in [-0.2, -0.15) is 0 Å². The Morgan fingerprint density at radius 3 is 1.49 bits per heavy atom. The number of allylic oxidation sites excluding steroid dienone is 4. The molecule has 0 heterocycles. The second kappa shape index (κ2) is 26.9. The fraction of sp³-hybridized carbons (Fsp3) is 0.742. The van der Waals surface area contributed by atoms with Gasteiger partial charge in [0, 0.05) is 12.8 Å². The zero-order valence-corrected chi connectivity index (χ0v) is 24.5. The molecule has 0 rings (SSSR count). The van der Waals surface area contributed by atoms with Crippen molar-refractivity contribution in [3.63, 3.8) is 0 Å². The van der Waals surface area contributed by atoms with Crippen molar-refractivity contribution in [3.8, 4) is 0 Å². The Bertz CT molecular complexity index is 676. The van der Waals surface area contributed by atoms with Crippen molar-refractivity contribution in [1.82, 2.24) is 10.6 Å². The maximum Gasteiger partial charge on any atom is 0.306 e. The molecule has 224 valence electrons. The molecule has 0 atom stereocenters. The molecule has 0 saturated heterocycles. The topological polar surface area (TPSA) is 122 Å². The third-order valence-electron chi connectivity index (χ3n) is 6.25. The number of carboxylic acids is 1. The second-order valence-electron chi connectivity index (χ2n) is 9.99. The average molecular weight is 551 g/mol. The lowest BCUT2D eigenvalue weighted by Gasteiger charge is -2.19. The molecule has 0 radical (unpaired) electrons. The highest BCUT2D eigenvalue weighted by Gasteiger charge is 2.17. The Morgan fingerprint density at radius 1 is 0.615 bits per heavy atom. The summed E-state index contributed by atoms with van der Waals surface area (Å²) >= 11 is 0. The van der Waals surface area contributed by atoms with E-state index in [1.807, 2.05) is 0 Å². The van der Waals surface area contributed by atoms with Crippen molar-refractivity contribution in [3.05, 3.63) is 24.3 Å². The molecule has 0 bridgehead atoms. The number of aliphatic carboxylic acids is 1. The minimum absolute atomic E-state index is 0.0775. The van der Waals surface area contributed by atoms with Gasteiger partial charge in [-0.05, 0) is 51.4 Å². The molecule has 8 heteroatoms. The first-order chi connectivity index (χ1) is 18.9. The molecule has 8 nitrogen and oxygen atoms in total. The summed E-state index contributed by atoms with van der Waals surface area (Å²) in [5, 5.41) is 14.4. The molecule has 0 spiro atoms. The zero-order chi connectivity index (χ0) is 29.0. The van der Waals surface area contributed by atoms with Gasteiger partial charge in [0.2, 0.25) is 11.8 Å². The van der Waals surface area contributed by atoms with Crippen LogP contribution >= 0.6 is 0 Å². The standard InChI is InChI=1S/C31H54N2O6/c1-3-5-7-9-11-13-15-17-19-21-28(34)32-25-27(39-31(38)24-23-30(36)37)26-33-29(35)22-20-18-16-14-12-10-8-6-4-2/h5-8,27H,3-4,9-26H2,1-2H3,(H,32,34)(H,33,35)(H,36,37)/b7-5+,8-6+. The smallest absolute Gasteiger partial charge is 0.306 e. The van der Waals surface area contributed by atoms with E-state index in [0.717, 1.165) is 77.0 Å². The van der Waals surface area contributed by atoms with Crippen molar-refractivity contribution in [2.45, 2.75) is 136 Å². The van der Waals surface area contributed by atoms with E-state index in [2.05, 4.69) is 48.8 Å². The van der Waals surface area contributed by atoms with Crippen molar-refractivity contribution < 1.29 is 29.0 Å². The third-order valence-corrected chi connectivity index (χ3v) is 6.25. The summed E-state index contributed by atoms with van der Waals surface area (Å²) < 4.78 is 5.35. The van der Waals surface area contributed by atoms with Gasteiger partial charge in [-0.3, -0.25) is 19.2 Å². The fourth-order valence-electron chi connectivity index (χ4n) is 3.97. The lowest BCUT2D eigenvalue weighted by molar-refractivity contribution is -0.152.